The number of amides is 1. The third-order valence-electron chi connectivity index (χ3n) is 4.78. The van der Waals surface area contributed by atoms with Gasteiger partial charge in [-0.25, -0.2) is 0 Å². The van der Waals surface area contributed by atoms with E-state index < -0.39 is 6.36 Å². The highest BCUT2D eigenvalue weighted by molar-refractivity contribution is 5.94. The van der Waals surface area contributed by atoms with Crippen LogP contribution in [0.3, 0.4) is 0 Å². The van der Waals surface area contributed by atoms with Crippen molar-refractivity contribution in [1.29, 1.82) is 0 Å². The summed E-state index contributed by atoms with van der Waals surface area (Å²) in [4.78, 5) is 16.7. The van der Waals surface area contributed by atoms with Gasteiger partial charge in [0, 0.05) is 38.3 Å². The van der Waals surface area contributed by atoms with Gasteiger partial charge in [0.15, 0.2) is 0 Å². The Morgan fingerprint density at radius 2 is 1.59 bits per heavy atom. The highest BCUT2D eigenvalue weighted by Crippen LogP contribution is 2.23. The summed E-state index contributed by atoms with van der Waals surface area (Å²) < 4.78 is 45.8. The van der Waals surface area contributed by atoms with Gasteiger partial charge in [0.05, 0.1) is 7.11 Å². The predicted molar refractivity (Wildman–Crippen MR) is 102 cm³/mol. The predicted octanol–water partition coefficient (Wildman–Crippen LogP) is 3.94. The molecule has 8 heteroatoms. The van der Waals surface area contributed by atoms with Gasteiger partial charge in [-0.1, -0.05) is 12.1 Å². The van der Waals surface area contributed by atoms with Gasteiger partial charge in [0.2, 0.25) is 0 Å². The van der Waals surface area contributed by atoms with Crippen molar-refractivity contribution in [1.82, 2.24) is 9.80 Å². The summed E-state index contributed by atoms with van der Waals surface area (Å²) in [5.74, 6) is 0.290. The largest absolute Gasteiger partial charge is 0.573 e. The van der Waals surface area contributed by atoms with Gasteiger partial charge in [-0.2, -0.15) is 0 Å². The third kappa shape index (κ3) is 6.12. The van der Waals surface area contributed by atoms with Crippen LogP contribution in [0.25, 0.3) is 0 Å². The van der Waals surface area contributed by atoms with Crippen LogP contribution in [0.15, 0.2) is 48.5 Å². The van der Waals surface area contributed by atoms with E-state index in [9.17, 15) is 18.0 Å². The Labute approximate surface area is 167 Å². The molecule has 0 aromatic heterocycles. The Kier molecular flexibility index (Phi) is 6.64. The first kappa shape index (κ1) is 21.0. The van der Waals surface area contributed by atoms with Crippen LogP contribution in [0.1, 0.15) is 22.3 Å². The van der Waals surface area contributed by atoms with Crippen molar-refractivity contribution in [2.75, 3.05) is 33.3 Å². The summed E-state index contributed by atoms with van der Waals surface area (Å²) in [6.45, 7) is 3.56. The smallest absolute Gasteiger partial charge is 0.497 e. The summed E-state index contributed by atoms with van der Waals surface area (Å²) >= 11 is 0. The molecule has 0 unspecified atom stereocenters. The molecule has 5 nitrogen and oxygen atoms in total. The first-order chi connectivity index (χ1) is 13.8. The lowest BCUT2D eigenvalue weighted by Gasteiger charge is -2.22. The highest BCUT2D eigenvalue weighted by atomic mass is 19.4. The maximum Gasteiger partial charge on any atom is 0.573 e. The van der Waals surface area contributed by atoms with Gasteiger partial charge in [0.25, 0.3) is 5.91 Å². The topological polar surface area (TPSA) is 42.0 Å². The molecule has 3 rings (SSSR count). The molecule has 0 aliphatic carbocycles. The Hall–Kier alpha value is -2.74. The third-order valence-corrected chi connectivity index (χ3v) is 4.78. The van der Waals surface area contributed by atoms with Gasteiger partial charge in [-0.05, 0) is 48.4 Å². The van der Waals surface area contributed by atoms with Gasteiger partial charge in [-0.3, -0.25) is 9.69 Å². The lowest BCUT2D eigenvalue weighted by atomic mass is 10.2. The number of alkyl halides is 3. The second-order valence-electron chi connectivity index (χ2n) is 6.84. The fourth-order valence-electron chi connectivity index (χ4n) is 3.30. The van der Waals surface area contributed by atoms with E-state index in [-0.39, 0.29) is 11.7 Å². The Bertz CT molecular complexity index is 807. The Balaban J connectivity index is 1.56. The van der Waals surface area contributed by atoms with Crippen LogP contribution < -0.4 is 9.47 Å². The van der Waals surface area contributed by atoms with Crippen molar-refractivity contribution in [2.45, 2.75) is 19.3 Å². The molecule has 0 saturated carbocycles. The summed E-state index contributed by atoms with van der Waals surface area (Å²) in [6, 6.07) is 13.0. The number of rotatable bonds is 5. The number of halogens is 3. The van der Waals surface area contributed by atoms with Crippen molar-refractivity contribution in [2.24, 2.45) is 0 Å². The fraction of sp³-hybridized carbons (Fsp3) is 0.381. The summed E-state index contributed by atoms with van der Waals surface area (Å²) in [5.41, 5.74) is 1.52. The molecule has 1 amide bonds. The molecule has 2 aromatic carbocycles. The zero-order chi connectivity index (χ0) is 20.9. The number of carbonyl (C=O) groups excluding carboxylic acids is 1. The van der Waals surface area contributed by atoms with E-state index in [1.54, 1.807) is 12.0 Å². The molecule has 1 aliphatic heterocycles. The van der Waals surface area contributed by atoms with E-state index in [0.717, 1.165) is 43.9 Å². The second kappa shape index (κ2) is 9.17. The average Bonchev–Trinajstić information content (AvgIpc) is 2.93. The van der Waals surface area contributed by atoms with Crippen LogP contribution in [0, 0.1) is 0 Å². The van der Waals surface area contributed by atoms with Crippen LogP contribution in [0.4, 0.5) is 13.2 Å². The number of carbonyl (C=O) groups is 1. The quantitative estimate of drug-likeness (QED) is 0.752. The molecule has 1 aliphatic rings. The van der Waals surface area contributed by atoms with E-state index in [1.807, 2.05) is 24.3 Å². The SMILES string of the molecule is COc1ccc(CN2CCCN(C(=O)c3ccc(OC(F)(F)F)cc3)CC2)cc1. The van der Waals surface area contributed by atoms with Crippen molar-refractivity contribution in [3.05, 3.63) is 59.7 Å². The molecule has 2 aromatic rings. The molecule has 0 bridgehead atoms. The summed E-state index contributed by atoms with van der Waals surface area (Å²) in [5, 5.41) is 0. The van der Waals surface area contributed by atoms with Crippen molar-refractivity contribution in [3.8, 4) is 11.5 Å². The lowest BCUT2D eigenvalue weighted by Crippen LogP contribution is -2.35. The second-order valence-corrected chi connectivity index (χ2v) is 6.84. The van der Waals surface area contributed by atoms with E-state index in [4.69, 9.17) is 4.74 Å². The molecule has 0 spiro atoms. The van der Waals surface area contributed by atoms with Crippen molar-refractivity contribution < 1.29 is 27.4 Å². The minimum Gasteiger partial charge on any atom is -0.497 e. The molecule has 0 radical (unpaired) electrons. The molecular formula is C21H23F3N2O3. The minimum atomic E-state index is -4.75. The monoisotopic (exact) mass is 408 g/mol. The van der Waals surface area contributed by atoms with Crippen LogP contribution in [0.2, 0.25) is 0 Å². The van der Waals surface area contributed by atoms with Crippen LogP contribution in [0.5, 0.6) is 11.5 Å². The van der Waals surface area contributed by atoms with Gasteiger partial charge in [-0.15, -0.1) is 13.2 Å². The molecule has 0 atom stereocenters. The van der Waals surface area contributed by atoms with Crippen LogP contribution in [-0.4, -0.2) is 55.4 Å². The number of hydrogen-bond donors (Lipinski definition) is 0. The molecule has 0 N–H and O–H groups in total. The molecule has 1 heterocycles. The first-order valence-corrected chi connectivity index (χ1v) is 9.34. The molecular weight excluding hydrogens is 385 g/mol. The molecule has 29 heavy (non-hydrogen) atoms. The number of methoxy groups -OCH3 is 1. The highest BCUT2D eigenvalue weighted by Gasteiger charge is 2.31. The normalized spacial score (nSPS) is 15.7. The standard InChI is InChI=1S/C21H23F3N2O3/c1-28-18-7-3-16(4-8-18)15-25-11-2-12-26(14-13-25)20(27)17-5-9-19(10-6-17)29-21(22,23)24/h3-10H,2,11-15H2,1H3. The Morgan fingerprint density at radius 1 is 0.931 bits per heavy atom. The fourth-order valence-corrected chi connectivity index (χ4v) is 3.30. The first-order valence-electron chi connectivity index (χ1n) is 9.34. The molecule has 1 saturated heterocycles. The molecule has 1 fully saturated rings. The number of nitrogens with zero attached hydrogens (tertiary/aromatic N) is 2. The average molecular weight is 408 g/mol. The van der Waals surface area contributed by atoms with Gasteiger partial charge < -0.3 is 14.4 Å². The van der Waals surface area contributed by atoms with Gasteiger partial charge >= 0.3 is 6.36 Å². The van der Waals surface area contributed by atoms with E-state index in [2.05, 4.69) is 9.64 Å². The lowest BCUT2D eigenvalue weighted by molar-refractivity contribution is -0.274. The molecule has 156 valence electrons. The maximum atomic E-state index is 12.7. The number of hydrogen-bond acceptors (Lipinski definition) is 4. The zero-order valence-corrected chi connectivity index (χ0v) is 16.1. The Morgan fingerprint density at radius 3 is 2.21 bits per heavy atom. The summed E-state index contributed by atoms with van der Waals surface area (Å²) in [7, 11) is 1.63. The van der Waals surface area contributed by atoms with Crippen LogP contribution >= 0.6 is 0 Å². The van der Waals surface area contributed by atoms with Crippen LogP contribution in [-0.2, 0) is 6.54 Å². The number of benzene rings is 2. The number of ether oxygens (including phenoxy) is 2. The summed E-state index contributed by atoms with van der Waals surface area (Å²) in [6.07, 6.45) is -3.92. The zero-order valence-electron chi connectivity index (χ0n) is 16.1. The van der Waals surface area contributed by atoms with Crippen molar-refractivity contribution in [3.63, 3.8) is 0 Å². The van der Waals surface area contributed by atoms with E-state index in [1.165, 1.54) is 17.7 Å². The van der Waals surface area contributed by atoms with Crippen molar-refractivity contribution >= 4 is 5.91 Å². The minimum absolute atomic E-state index is 0.185. The van der Waals surface area contributed by atoms with E-state index >= 15 is 0 Å². The van der Waals surface area contributed by atoms with E-state index in [0.29, 0.717) is 18.7 Å². The van der Waals surface area contributed by atoms with Gasteiger partial charge in [0.1, 0.15) is 11.5 Å². The maximum absolute atomic E-state index is 12.7.